The largest absolute Gasteiger partial charge is 0.309 e. The molecule has 0 unspecified atom stereocenters. The summed E-state index contributed by atoms with van der Waals surface area (Å²) in [6.07, 6.45) is 0. The first-order valence-electron chi connectivity index (χ1n) is 16.6. The second kappa shape index (κ2) is 10.0. The Labute approximate surface area is 289 Å². The fourth-order valence-electron chi connectivity index (χ4n) is 8.12. The smallest absolute Gasteiger partial charge is 0.266 e. The number of amides is 2. The van der Waals surface area contributed by atoms with E-state index in [4.69, 9.17) is 0 Å². The second-order valence-corrected chi connectivity index (χ2v) is 13.9. The first-order chi connectivity index (χ1) is 24.7. The van der Waals surface area contributed by atoms with Crippen LogP contribution in [0.3, 0.4) is 0 Å². The van der Waals surface area contributed by atoms with Crippen molar-refractivity contribution >= 4 is 92.6 Å². The van der Waals surface area contributed by atoms with Gasteiger partial charge >= 0.3 is 0 Å². The molecule has 2 amide bonds. The molecule has 11 rings (SSSR count). The zero-order valence-corrected chi connectivity index (χ0v) is 27.3. The Balaban J connectivity index is 1.17. The molecule has 50 heavy (non-hydrogen) atoms. The van der Waals surface area contributed by atoms with Gasteiger partial charge in [-0.3, -0.25) is 9.59 Å². The molecule has 1 aliphatic rings. The predicted octanol–water partition coefficient (Wildman–Crippen LogP) is 11.0. The lowest BCUT2D eigenvalue weighted by Crippen LogP contribution is -2.29. The van der Waals surface area contributed by atoms with Crippen LogP contribution in [0.25, 0.3) is 75.2 Å². The Morgan fingerprint density at radius 3 is 1.56 bits per heavy atom. The molecule has 0 N–H and O–H groups in total. The van der Waals surface area contributed by atoms with Crippen LogP contribution in [-0.2, 0) is 0 Å². The summed E-state index contributed by atoms with van der Waals surface area (Å²) in [7, 11) is 0. The van der Waals surface area contributed by atoms with Gasteiger partial charge in [-0.25, -0.2) is 4.90 Å². The fourth-order valence-corrected chi connectivity index (χ4v) is 9.21. The molecule has 1 aliphatic heterocycles. The summed E-state index contributed by atoms with van der Waals surface area (Å²) in [5, 5.41) is 7.24. The van der Waals surface area contributed by atoms with Crippen molar-refractivity contribution in [3.63, 3.8) is 0 Å². The van der Waals surface area contributed by atoms with Crippen LogP contribution < -0.4 is 4.90 Å². The summed E-state index contributed by atoms with van der Waals surface area (Å²) in [4.78, 5) is 28.2. The minimum atomic E-state index is -0.298. The second-order valence-electron chi connectivity index (χ2n) is 12.8. The molecule has 6 heteroatoms. The number of anilines is 1. The van der Waals surface area contributed by atoms with Crippen LogP contribution >= 0.6 is 11.3 Å². The van der Waals surface area contributed by atoms with Crippen molar-refractivity contribution in [1.29, 1.82) is 0 Å². The molecule has 0 saturated heterocycles. The average molecular weight is 660 g/mol. The highest BCUT2D eigenvalue weighted by Gasteiger charge is 2.36. The van der Waals surface area contributed by atoms with Crippen molar-refractivity contribution in [1.82, 2.24) is 9.13 Å². The van der Waals surface area contributed by atoms with Crippen LogP contribution in [0.15, 0.2) is 152 Å². The molecule has 5 nitrogen and oxygen atoms in total. The van der Waals surface area contributed by atoms with Crippen LogP contribution in [0.1, 0.15) is 20.7 Å². The Bertz CT molecular complexity index is 3070. The SMILES string of the molecule is O=C1c2ccccc2C(=O)N1c1cccc(-n2c3ccccc3c3c4c5ccccc5n(-c5ccc6sc7ccccc7c6c5)c4ccc32)c1. The van der Waals surface area contributed by atoms with Gasteiger partial charge in [-0.15, -0.1) is 11.3 Å². The Hall–Kier alpha value is -6.50. The molecule has 0 bridgehead atoms. The number of hydrogen-bond donors (Lipinski definition) is 0. The van der Waals surface area contributed by atoms with Gasteiger partial charge in [-0.05, 0) is 78.9 Å². The topological polar surface area (TPSA) is 47.2 Å². The Kier molecular flexibility index (Phi) is 5.50. The average Bonchev–Trinajstić information content (AvgIpc) is 3.88. The lowest BCUT2D eigenvalue weighted by molar-refractivity contribution is 0.0926. The number of fused-ring (bicyclic) bond motifs is 11. The lowest BCUT2D eigenvalue weighted by Gasteiger charge is -2.16. The monoisotopic (exact) mass is 659 g/mol. The van der Waals surface area contributed by atoms with E-state index >= 15 is 0 Å². The molecule has 0 atom stereocenters. The number of benzene rings is 7. The number of nitrogens with zero attached hydrogens (tertiary/aromatic N) is 3. The molecule has 0 saturated carbocycles. The number of imide groups is 1. The maximum Gasteiger partial charge on any atom is 0.266 e. The van der Waals surface area contributed by atoms with Crippen LogP contribution in [0.2, 0.25) is 0 Å². The van der Waals surface area contributed by atoms with Gasteiger partial charge in [0.15, 0.2) is 0 Å². The van der Waals surface area contributed by atoms with Gasteiger partial charge in [0, 0.05) is 53.1 Å². The number of thiophene rings is 1. The van der Waals surface area contributed by atoms with Crippen LogP contribution in [-0.4, -0.2) is 20.9 Å². The molecule has 10 aromatic rings. The summed E-state index contributed by atoms with van der Waals surface area (Å²) < 4.78 is 7.22. The first kappa shape index (κ1) is 27.5. The number of carbonyl (C=O) groups excluding carboxylic acids is 2. The van der Waals surface area contributed by atoms with Crippen LogP contribution in [0, 0.1) is 0 Å². The highest BCUT2D eigenvalue weighted by Crippen LogP contribution is 2.44. The number of aromatic nitrogens is 2. The van der Waals surface area contributed by atoms with E-state index in [2.05, 4.69) is 112 Å². The molecular weight excluding hydrogens is 635 g/mol. The molecule has 7 aromatic carbocycles. The fraction of sp³-hybridized carbons (Fsp3) is 0. The van der Waals surface area contributed by atoms with E-state index < -0.39 is 0 Å². The summed E-state index contributed by atoms with van der Waals surface area (Å²) in [6, 6.07) is 51.8. The highest BCUT2D eigenvalue weighted by atomic mass is 32.1. The Morgan fingerprint density at radius 1 is 0.380 bits per heavy atom. The van der Waals surface area contributed by atoms with Gasteiger partial charge in [0.05, 0.1) is 38.9 Å². The molecule has 0 aliphatic carbocycles. The molecule has 4 heterocycles. The van der Waals surface area contributed by atoms with Crippen LogP contribution in [0.5, 0.6) is 0 Å². The zero-order valence-electron chi connectivity index (χ0n) is 26.5. The molecule has 0 fully saturated rings. The van der Waals surface area contributed by atoms with Crippen molar-refractivity contribution < 1.29 is 9.59 Å². The third kappa shape index (κ3) is 3.60. The van der Waals surface area contributed by atoms with E-state index in [1.165, 1.54) is 41.2 Å². The summed E-state index contributed by atoms with van der Waals surface area (Å²) in [5.74, 6) is -0.596. The van der Waals surface area contributed by atoms with Gasteiger partial charge < -0.3 is 9.13 Å². The first-order valence-corrected chi connectivity index (χ1v) is 17.4. The van der Waals surface area contributed by atoms with Crippen molar-refractivity contribution in [2.45, 2.75) is 0 Å². The van der Waals surface area contributed by atoms with E-state index in [1.54, 1.807) is 24.3 Å². The maximum atomic E-state index is 13.4. The third-order valence-electron chi connectivity index (χ3n) is 10.2. The standard InChI is InChI=1S/C44H25N3O2S/c48-43-30-13-1-2-14-31(30)44(49)47(43)27-11-9-10-26(24-27)45-35-17-6-3-15-32(35)41-37(45)21-22-38-42(41)33-16-4-7-18-36(33)46(38)28-20-23-40-34(25-28)29-12-5-8-19-39(29)50-40/h1-25H. The molecule has 0 radical (unpaired) electrons. The third-order valence-corrected chi connectivity index (χ3v) is 11.4. The van der Waals surface area contributed by atoms with Crippen molar-refractivity contribution in [2.24, 2.45) is 0 Å². The molecule has 234 valence electrons. The highest BCUT2D eigenvalue weighted by molar-refractivity contribution is 7.25. The van der Waals surface area contributed by atoms with E-state index in [0.717, 1.165) is 38.8 Å². The zero-order chi connectivity index (χ0) is 33.1. The van der Waals surface area contributed by atoms with E-state index in [1.807, 2.05) is 35.6 Å². The van der Waals surface area contributed by atoms with Gasteiger partial charge in [0.1, 0.15) is 0 Å². The number of carbonyl (C=O) groups is 2. The minimum Gasteiger partial charge on any atom is -0.309 e. The van der Waals surface area contributed by atoms with E-state index in [0.29, 0.717) is 16.8 Å². The molecule has 0 spiro atoms. The van der Waals surface area contributed by atoms with Crippen molar-refractivity contribution in [3.05, 3.63) is 163 Å². The molecular formula is C44H25N3O2S. The normalized spacial score (nSPS) is 13.2. The minimum absolute atomic E-state index is 0.298. The summed E-state index contributed by atoms with van der Waals surface area (Å²) in [6.45, 7) is 0. The van der Waals surface area contributed by atoms with Gasteiger partial charge in [0.25, 0.3) is 11.8 Å². The quantitative estimate of drug-likeness (QED) is 0.177. The Morgan fingerprint density at radius 2 is 0.900 bits per heavy atom. The van der Waals surface area contributed by atoms with E-state index in [9.17, 15) is 9.59 Å². The van der Waals surface area contributed by atoms with Gasteiger partial charge in [-0.2, -0.15) is 0 Å². The molecule has 3 aromatic heterocycles. The van der Waals surface area contributed by atoms with E-state index in [-0.39, 0.29) is 11.8 Å². The van der Waals surface area contributed by atoms with Gasteiger partial charge in [0.2, 0.25) is 0 Å². The number of para-hydroxylation sites is 2. The maximum absolute atomic E-state index is 13.4. The van der Waals surface area contributed by atoms with Crippen molar-refractivity contribution in [3.8, 4) is 11.4 Å². The summed E-state index contributed by atoms with van der Waals surface area (Å²) >= 11 is 1.83. The summed E-state index contributed by atoms with van der Waals surface area (Å²) in [5.41, 5.74) is 7.83. The van der Waals surface area contributed by atoms with Crippen LogP contribution in [0.4, 0.5) is 5.69 Å². The predicted molar refractivity (Wildman–Crippen MR) is 206 cm³/mol. The number of rotatable bonds is 3. The number of hydrogen-bond acceptors (Lipinski definition) is 3. The van der Waals surface area contributed by atoms with Crippen molar-refractivity contribution in [2.75, 3.05) is 4.90 Å². The van der Waals surface area contributed by atoms with Gasteiger partial charge in [-0.1, -0.05) is 72.8 Å². The lowest BCUT2D eigenvalue weighted by atomic mass is 10.1.